The standard InChI is InChI=1S/C13H22N4O/c1-4-14-7-11-8-16-12(9-15-11)17-5-6-18-13(2,3)10-17/h8-9,14H,4-7,10H2,1-3H3. The Labute approximate surface area is 109 Å². The molecule has 0 saturated carbocycles. The molecule has 1 aromatic rings. The summed E-state index contributed by atoms with van der Waals surface area (Å²) in [7, 11) is 0. The average molecular weight is 250 g/mol. The van der Waals surface area contributed by atoms with Crippen molar-refractivity contribution < 1.29 is 4.74 Å². The van der Waals surface area contributed by atoms with E-state index in [9.17, 15) is 0 Å². The fraction of sp³-hybridized carbons (Fsp3) is 0.692. The third-order valence-corrected chi connectivity index (χ3v) is 3.00. The van der Waals surface area contributed by atoms with E-state index in [0.717, 1.165) is 44.3 Å². The molecule has 0 aromatic carbocycles. The number of nitrogens with one attached hydrogen (secondary N) is 1. The first kappa shape index (κ1) is 13.2. The van der Waals surface area contributed by atoms with E-state index in [2.05, 4.69) is 41.0 Å². The minimum absolute atomic E-state index is 0.109. The van der Waals surface area contributed by atoms with Gasteiger partial charge in [-0.05, 0) is 20.4 Å². The number of anilines is 1. The Morgan fingerprint density at radius 2 is 2.22 bits per heavy atom. The molecule has 1 saturated heterocycles. The van der Waals surface area contributed by atoms with E-state index in [1.54, 1.807) is 0 Å². The van der Waals surface area contributed by atoms with E-state index >= 15 is 0 Å². The number of hydrogen-bond acceptors (Lipinski definition) is 5. The molecule has 1 aliphatic heterocycles. The average Bonchev–Trinajstić information content (AvgIpc) is 2.36. The van der Waals surface area contributed by atoms with Crippen LogP contribution < -0.4 is 10.2 Å². The van der Waals surface area contributed by atoms with E-state index in [1.807, 2.05) is 12.4 Å². The first-order valence-electron chi connectivity index (χ1n) is 6.51. The van der Waals surface area contributed by atoms with Crippen molar-refractivity contribution in [3.8, 4) is 0 Å². The van der Waals surface area contributed by atoms with Crippen molar-refractivity contribution in [3.63, 3.8) is 0 Å². The molecule has 1 aromatic heterocycles. The fourth-order valence-corrected chi connectivity index (χ4v) is 2.07. The number of rotatable bonds is 4. The highest BCUT2D eigenvalue weighted by atomic mass is 16.5. The molecule has 2 rings (SSSR count). The molecule has 100 valence electrons. The Balaban J connectivity index is 2.00. The summed E-state index contributed by atoms with van der Waals surface area (Å²) in [5, 5.41) is 3.24. The van der Waals surface area contributed by atoms with Gasteiger partial charge in [0.2, 0.25) is 0 Å². The second kappa shape index (κ2) is 5.63. The minimum Gasteiger partial charge on any atom is -0.372 e. The molecule has 0 spiro atoms. The zero-order valence-corrected chi connectivity index (χ0v) is 11.4. The predicted octanol–water partition coefficient (Wildman–Crippen LogP) is 1.20. The minimum atomic E-state index is -0.109. The number of ether oxygens (including phenoxy) is 1. The topological polar surface area (TPSA) is 50.3 Å². The number of nitrogens with zero attached hydrogens (tertiary/aromatic N) is 3. The van der Waals surface area contributed by atoms with Gasteiger partial charge in [-0.3, -0.25) is 4.98 Å². The summed E-state index contributed by atoms with van der Waals surface area (Å²) in [4.78, 5) is 11.2. The third kappa shape index (κ3) is 3.40. The smallest absolute Gasteiger partial charge is 0.147 e. The molecule has 0 atom stereocenters. The lowest BCUT2D eigenvalue weighted by Crippen LogP contribution is -2.48. The maximum atomic E-state index is 5.69. The highest BCUT2D eigenvalue weighted by molar-refractivity contribution is 5.37. The largest absolute Gasteiger partial charge is 0.372 e. The summed E-state index contributed by atoms with van der Waals surface area (Å²) in [6.07, 6.45) is 3.70. The molecule has 0 radical (unpaired) electrons. The van der Waals surface area contributed by atoms with Crippen LogP contribution in [0.1, 0.15) is 26.5 Å². The van der Waals surface area contributed by atoms with Crippen LogP contribution in [0, 0.1) is 0 Å². The summed E-state index contributed by atoms with van der Waals surface area (Å²) >= 11 is 0. The maximum absolute atomic E-state index is 5.69. The highest BCUT2D eigenvalue weighted by Gasteiger charge is 2.27. The van der Waals surface area contributed by atoms with Crippen molar-refractivity contribution >= 4 is 5.82 Å². The molecule has 0 aliphatic carbocycles. The summed E-state index contributed by atoms with van der Waals surface area (Å²) < 4.78 is 5.69. The fourth-order valence-electron chi connectivity index (χ4n) is 2.07. The Morgan fingerprint density at radius 3 is 2.83 bits per heavy atom. The molecule has 5 heteroatoms. The third-order valence-electron chi connectivity index (χ3n) is 3.00. The predicted molar refractivity (Wildman–Crippen MR) is 71.7 cm³/mol. The highest BCUT2D eigenvalue weighted by Crippen LogP contribution is 2.20. The van der Waals surface area contributed by atoms with Crippen LogP contribution in [0.2, 0.25) is 0 Å². The van der Waals surface area contributed by atoms with Crippen LogP contribution in [-0.4, -0.2) is 41.8 Å². The lowest BCUT2D eigenvalue weighted by atomic mass is 10.1. The van der Waals surface area contributed by atoms with Crippen LogP contribution in [0.15, 0.2) is 12.4 Å². The van der Waals surface area contributed by atoms with Crippen LogP contribution in [-0.2, 0) is 11.3 Å². The van der Waals surface area contributed by atoms with Crippen LogP contribution >= 0.6 is 0 Å². The molecule has 0 unspecified atom stereocenters. The SMILES string of the molecule is CCNCc1cnc(N2CCOC(C)(C)C2)cn1. The van der Waals surface area contributed by atoms with E-state index < -0.39 is 0 Å². The molecular formula is C13H22N4O. The normalized spacial score (nSPS) is 18.9. The molecule has 1 N–H and O–H groups in total. The molecule has 5 nitrogen and oxygen atoms in total. The van der Waals surface area contributed by atoms with Crippen molar-refractivity contribution in [2.45, 2.75) is 32.9 Å². The summed E-state index contributed by atoms with van der Waals surface area (Å²) in [5.74, 6) is 0.937. The van der Waals surface area contributed by atoms with Gasteiger partial charge in [-0.15, -0.1) is 0 Å². The second-order valence-electron chi connectivity index (χ2n) is 5.18. The van der Waals surface area contributed by atoms with E-state index in [0.29, 0.717) is 0 Å². The Bertz CT molecular complexity index is 377. The number of aromatic nitrogens is 2. The van der Waals surface area contributed by atoms with Crippen LogP contribution in [0.3, 0.4) is 0 Å². The molecule has 0 amide bonds. The molecule has 1 fully saturated rings. The zero-order chi connectivity index (χ0) is 13.0. The van der Waals surface area contributed by atoms with Gasteiger partial charge >= 0.3 is 0 Å². The van der Waals surface area contributed by atoms with Crippen LogP contribution in [0.25, 0.3) is 0 Å². The maximum Gasteiger partial charge on any atom is 0.147 e. The van der Waals surface area contributed by atoms with Gasteiger partial charge in [0.1, 0.15) is 5.82 Å². The van der Waals surface area contributed by atoms with Gasteiger partial charge in [-0.25, -0.2) is 4.98 Å². The van der Waals surface area contributed by atoms with Gasteiger partial charge in [0, 0.05) is 19.6 Å². The van der Waals surface area contributed by atoms with E-state index in [1.165, 1.54) is 0 Å². The molecule has 2 heterocycles. The van der Waals surface area contributed by atoms with Gasteiger partial charge in [0.15, 0.2) is 0 Å². The number of morpholine rings is 1. The van der Waals surface area contributed by atoms with Crippen molar-refractivity contribution in [1.29, 1.82) is 0 Å². The van der Waals surface area contributed by atoms with Gasteiger partial charge in [0.05, 0.1) is 30.3 Å². The zero-order valence-electron chi connectivity index (χ0n) is 11.4. The summed E-state index contributed by atoms with van der Waals surface area (Å²) in [6.45, 7) is 10.5. The van der Waals surface area contributed by atoms with E-state index in [-0.39, 0.29) is 5.60 Å². The first-order valence-corrected chi connectivity index (χ1v) is 6.51. The molecule has 18 heavy (non-hydrogen) atoms. The van der Waals surface area contributed by atoms with Crippen molar-refractivity contribution in [2.75, 3.05) is 31.1 Å². The number of hydrogen-bond donors (Lipinski definition) is 1. The van der Waals surface area contributed by atoms with Crippen molar-refractivity contribution in [1.82, 2.24) is 15.3 Å². The van der Waals surface area contributed by atoms with Gasteiger partial charge < -0.3 is 15.0 Å². The lowest BCUT2D eigenvalue weighted by Gasteiger charge is -2.38. The summed E-state index contributed by atoms with van der Waals surface area (Å²) in [6, 6.07) is 0. The van der Waals surface area contributed by atoms with E-state index in [4.69, 9.17) is 4.74 Å². The Hall–Kier alpha value is -1.20. The van der Waals surface area contributed by atoms with Crippen molar-refractivity contribution in [2.24, 2.45) is 0 Å². The first-order chi connectivity index (χ1) is 8.61. The van der Waals surface area contributed by atoms with Gasteiger partial charge in [-0.1, -0.05) is 6.92 Å². The monoisotopic (exact) mass is 250 g/mol. The van der Waals surface area contributed by atoms with Gasteiger partial charge in [-0.2, -0.15) is 0 Å². The second-order valence-corrected chi connectivity index (χ2v) is 5.18. The molecule has 0 bridgehead atoms. The van der Waals surface area contributed by atoms with Crippen LogP contribution in [0.5, 0.6) is 0 Å². The van der Waals surface area contributed by atoms with Gasteiger partial charge in [0.25, 0.3) is 0 Å². The summed E-state index contributed by atoms with van der Waals surface area (Å²) in [5.41, 5.74) is 0.871. The Morgan fingerprint density at radius 1 is 1.39 bits per heavy atom. The quantitative estimate of drug-likeness (QED) is 0.870. The molecular weight excluding hydrogens is 228 g/mol. The van der Waals surface area contributed by atoms with Crippen LogP contribution in [0.4, 0.5) is 5.82 Å². The molecule has 1 aliphatic rings. The Kier molecular flexibility index (Phi) is 4.14. The van der Waals surface area contributed by atoms with Crippen molar-refractivity contribution in [3.05, 3.63) is 18.1 Å². The lowest BCUT2D eigenvalue weighted by molar-refractivity contribution is -0.0279.